The zero-order valence-electron chi connectivity index (χ0n) is 25.4. The number of aromatic nitrogens is 1. The highest BCUT2D eigenvalue weighted by Gasteiger charge is 2.50. The van der Waals surface area contributed by atoms with Crippen molar-refractivity contribution in [1.82, 2.24) is 19.7 Å². The Balaban J connectivity index is 1.42. The molecule has 3 fully saturated rings. The lowest BCUT2D eigenvalue weighted by molar-refractivity contribution is -0.150. The van der Waals surface area contributed by atoms with E-state index >= 15 is 0 Å². The molecule has 3 atom stereocenters. The van der Waals surface area contributed by atoms with Gasteiger partial charge in [-0.15, -0.1) is 11.3 Å². The van der Waals surface area contributed by atoms with Gasteiger partial charge >= 0.3 is 18.0 Å². The Morgan fingerprint density at radius 3 is 2.73 bits per heavy atom. The van der Waals surface area contributed by atoms with E-state index in [1.165, 1.54) is 24.5 Å². The Kier molecular flexibility index (Phi) is 9.53. The standard InChI is InChI=1S/C32H37ClFN5O5S/c1-3-44-30(40)25-20(6-4-9-23(29-35-12-15-45-29)36-27(25)21-7-5-8-22(34)26(21)33)17-37-13-14-39-24(28(37)31(41)43-2)18-38(32(39)42)16-19-10-11-19/h5,7-8,12,15,19,24,27-28H,3-4,6,9-11,13-14,16-18H2,1-2H3/b25-20-,36-23+/t24-,27+,28+/m1/s1. The van der Waals surface area contributed by atoms with E-state index in [9.17, 15) is 18.8 Å². The Labute approximate surface area is 270 Å². The van der Waals surface area contributed by atoms with Crippen LogP contribution in [0.25, 0.3) is 0 Å². The minimum atomic E-state index is -0.957. The number of aliphatic imine (C=N–C) groups is 1. The Morgan fingerprint density at radius 2 is 2.02 bits per heavy atom. The van der Waals surface area contributed by atoms with Crippen molar-refractivity contribution in [3.05, 3.63) is 62.3 Å². The van der Waals surface area contributed by atoms with Crippen LogP contribution in [0.3, 0.4) is 0 Å². The number of nitrogens with zero attached hydrogens (tertiary/aromatic N) is 5. The number of piperazine rings is 1. The molecule has 0 radical (unpaired) electrons. The van der Waals surface area contributed by atoms with Crippen LogP contribution in [0, 0.1) is 11.7 Å². The van der Waals surface area contributed by atoms with Crippen molar-refractivity contribution in [2.75, 3.05) is 46.4 Å². The fraction of sp³-hybridized carbons (Fsp3) is 0.531. The maximum Gasteiger partial charge on any atom is 0.336 e. The summed E-state index contributed by atoms with van der Waals surface area (Å²) in [5.74, 6) is -1.09. The molecule has 1 aliphatic carbocycles. The van der Waals surface area contributed by atoms with Gasteiger partial charge in [-0.2, -0.15) is 0 Å². The average molecular weight is 658 g/mol. The SMILES string of the molecule is CCOC(=O)/C1=C(\CN2CCN3C(=O)N(CC4CC4)C[C@@H]3[C@H]2C(=O)OC)CCC/C(c2nccs2)=N\[C@H]1c1cccc(F)c1Cl. The first-order valence-corrected chi connectivity index (χ1v) is 16.7. The zero-order valence-corrected chi connectivity index (χ0v) is 27.0. The summed E-state index contributed by atoms with van der Waals surface area (Å²) in [7, 11) is 1.36. The summed E-state index contributed by atoms with van der Waals surface area (Å²) in [5, 5.41) is 2.47. The topological polar surface area (TPSA) is 105 Å². The van der Waals surface area contributed by atoms with Gasteiger partial charge in [0.25, 0.3) is 0 Å². The summed E-state index contributed by atoms with van der Waals surface area (Å²) in [6.07, 6.45) is 5.70. The average Bonchev–Trinajstić information content (AvgIpc) is 3.55. The molecule has 10 nitrogen and oxygen atoms in total. The molecule has 45 heavy (non-hydrogen) atoms. The Hall–Kier alpha value is -3.35. The van der Waals surface area contributed by atoms with Gasteiger partial charge in [-0.3, -0.25) is 14.7 Å². The van der Waals surface area contributed by atoms with Gasteiger partial charge in [0.15, 0.2) is 0 Å². The number of carbonyl (C=O) groups is 3. The first-order valence-electron chi connectivity index (χ1n) is 15.5. The van der Waals surface area contributed by atoms with Crippen LogP contribution < -0.4 is 0 Å². The van der Waals surface area contributed by atoms with E-state index in [1.54, 1.807) is 30.2 Å². The Morgan fingerprint density at radius 1 is 1.20 bits per heavy atom. The molecule has 1 aromatic heterocycles. The monoisotopic (exact) mass is 657 g/mol. The largest absolute Gasteiger partial charge is 0.468 e. The van der Waals surface area contributed by atoms with Gasteiger partial charge in [-0.1, -0.05) is 23.7 Å². The maximum absolute atomic E-state index is 14.9. The molecule has 4 heterocycles. The van der Waals surface area contributed by atoms with E-state index in [2.05, 4.69) is 4.98 Å². The summed E-state index contributed by atoms with van der Waals surface area (Å²) in [5.41, 5.74) is 2.07. The van der Waals surface area contributed by atoms with E-state index < -0.39 is 29.8 Å². The number of fused-ring (bicyclic) bond motifs is 1. The van der Waals surface area contributed by atoms with Gasteiger partial charge in [0.1, 0.15) is 22.9 Å². The zero-order chi connectivity index (χ0) is 31.7. The van der Waals surface area contributed by atoms with Crippen molar-refractivity contribution in [2.45, 2.75) is 57.2 Å². The summed E-state index contributed by atoms with van der Waals surface area (Å²) < 4.78 is 25.7. The number of urea groups is 1. The second kappa shape index (κ2) is 13.6. The molecular formula is C32H37ClFN5O5S. The molecule has 4 aliphatic rings. The molecule has 0 unspecified atom stereocenters. The number of esters is 2. The summed E-state index contributed by atoms with van der Waals surface area (Å²) in [6, 6.07) is 2.40. The number of carbonyl (C=O) groups excluding carboxylic acids is 3. The predicted octanol–water partition coefficient (Wildman–Crippen LogP) is 4.88. The van der Waals surface area contributed by atoms with Crippen LogP contribution in [-0.2, 0) is 19.1 Å². The minimum absolute atomic E-state index is 0.0392. The van der Waals surface area contributed by atoms with E-state index in [0.717, 1.165) is 23.4 Å². The Bertz CT molecular complexity index is 1510. The molecule has 2 amide bonds. The molecule has 0 N–H and O–H groups in total. The van der Waals surface area contributed by atoms with Crippen LogP contribution in [0.15, 0.2) is 45.9 Å². The summed E-state index contributed by atoms with van der Waals surface area (Å²) in [4.78, 5) is 55.7. The fourth-order valence-corrected chi connectivity index (χ4v) is 7.58. The van der Waals surface area contributed by atoms with Crippen molar-refractivity contribution in [3.63, 3.8) is 0 Å². The van der Waals surface area contributed by atoms with Crippen LogP contribution in [0.1, 0.15) is 55.6 Å². The van der Waals surface area contributed by atoms with Crippen molar-refractivity contribution in [1.29, 1.82) is 0 Å². The van der Waals surface area contributed by atoms with E-state index in [-0.39, 0.29) is 35.8 Å². The molecule has 1 saturated carbocycles. The second-order valence-electron chi connectivity index (χ2n) is 11.9. The molecular weight excluding hydrogens is 621 g/mol. The number of thiazole rings is 1. The quantitative estimate of drug-likeness (QED) is 0.354. The van der Waals surface area contributed by atoms with Gasteiger partial charge in [-0.25, -0.2) is 19.0 Å². The predicted molar refractivity (Wildman–Crippen MR) is 168 cm³/mol. The molecule has 3 aliphatic heterocycles. The second-order valence-corrected chi connectivity index (χ2v) is 13.2. The van der Waals surface area contributed by atoms with Gasteiger partial charge < -0.3 is 19.3 Å². The van der Waals surface area contributed by atoms with Crippen LogP contribution in [0.4, 0.5) is 9.18 Å². The molecule has 240 valence electrons. The smallest absolute Gasteiger partial charge is 0.336 e. The van der Waals surface area contributed by atoms with Crippen molar-refractivity contribution < 1.29 is 28.2 Å². The number of amides is 2. The molecule has 6 rings (SSSR count). The highest BCUT2D eigenvalue weighted by atomic mass is 35.5. The highest BCUT2D eigenvalue weighted by Crippen LogP contribution is 2.40. The number of hydrogen-bond donors (Lipinski definition) is 0. The molecule has 13 heteroatoms. The van der Waals surface area contributed by atoms with Crippen molar-refractivity contribution >= 4 is 46.6 Å². The molecule has 1 aromatic carbocycles. The van der Waals surface area contributed by atoms with E-state index in [4.69, 9.17) is 26.1 Å². The third kappa shape index (κ3) is 6.50. The van der Waals surface area contributed by atoms with E-state index in [1.807, 2.05) is 15.2 Å². The van der Waals surface area contributed by atoms with Crippen LogP contribution in [-0.4, -0.2) is 102 Å². The normalized spacial score (nSPS) is 27.0. The summed E-state index contributed by atoms with van der Waals surface area (Å²) >= 11 is 7.99. The number of benzene rings is 1. The van der Waals surface area contributed by atoms with Crippen molar-refractivity contribution in [2.24, 2.45) is 10.9 Å². The molecule has 2 saturated heterocycles. The molecule has 2 aromatic rings. The maximum atomic E-state index is 14.9. The fourth-order valence-electron chi connectivity index (χ4n) is 6.69. The first-order chi connectivity index (χ1) is 21.8. The molecule has 0 spiro atoms. The lowest BCUT2D eigenvalue weighted by atomic mass is 9.89. The van der Waals surface area contributed by atoms with Crippen LogP contribution >= 0.6 is 22.9 Å². The number of halogens is 2. The number of hydrogen-bond acceptors (Lipinski definition) is 9. The van der Waals surface area contributed by atoms with Crippen molar-refractivity contribution in [3.8, 4) is 0 Å². The third-order valence-electron chi connectivity index (χ3n) is 9.00. The molecule has 0 bridgehead atoms. The lowest BCUT2D eigenvalue weighted by Gasteiger charge is -2.42. The number of rotatable bonds is 9. The van der Waals surface area contributed by atoms with Crippen LogP contribution in [0.2, 0.25) is 5.02 Å². The highest BCUT2D eigenvalue weighted by molar-refractivity contribution is 7.11. The number of methoxy groups -OCH3 is 1. The summed E-state index contributed by atoms with van der Waals surface area (Å²) in [6.45, 7) is 4.12. The van der Waals surface area contributed by atoms with Gasteiger partial charge in [-0.05, 0) is 56.6 Å². The van der Waals surface area contributed by atoms with Gasteiger partial charge in [0.05, 0.1) is 36.1 Å². The van der Waals surface area contributed by atoms with Crippen LogP contribution in [0.5, 0.6) is 0 Å². The minimum Gasteiger partial charge on any atom is -0.468 e. The number of ether oxygens (including phenoxy) is 2. The third-order valence-corrected chi connectivity index (χ3v) is 10.2. The van der Waals surface area contributed by atoms with Gasteiger partial charge in [0, 0.05) is 49.9 Å². The first kappa shape index (κ1) is 31.6. The lowest BCUT2D eigenvalue weighted by Crippen LogP contribution is -2.62. The van der Waals surface area contributed by atoms with E-state index in [0.29, 0.717) is 62.6 Å². The van der Waals surface area contributed by atoms with Gasteiger partial charge in [0.2, 0.25) is 0 Å².